The second-order valence-electron chi connectivity index (χ2n) is 9.34. The average Bonchev–Trinajstić information content (AvgIpc) is 3.23. The maximum atomic E-state index is 13.3. The lowest BCUT2D eigenvalue weighted by molar-refractivity contribution is -0.142. The molecule has 204 valence electrons. The number of anilines is 1. The van der Waals surface area contributed by atoms with E-state index in [2.05, 4.69) is 15.2 Å². The molecule has 0 radical (unpaired) electrons. The Kier molecular flexibility index (Phi) is 9.32. The molecule has 0 saturated carbocycles. The van der Waals surface area contributed by atoms with Crippen LogP contribution in [0.15, 0.2) is 57.9 Å². The van der Waals surface area contributed by atoms with E-state index in [0.29, 0.717) is 22.4 Å². The summed E-state index contributed by atoms with van der Waals surface area (Å²) < 4.78 is 34.2. The van der Waals surface area contributed by atoms with Gasteiger partial charge in [0, 0.05) is 31.1 Å². The fourth-order valence-electron chi connectivity index (χ4n) is 4.24. The summed E-state index contributed by atoms with van der Waals surface area (Å²) in [4.78, 5) is 27.3. The zero-order valence-electron chi connectivity index (χ0n) is 22.7. The van der Waals surface area contributed by atoms with Gasteiger partial charge in [-0.3, -0.25) is 9.59 Å². The molecule has 0 aliphatic rings. The van der Waals surface area contributed by atoms with E-state index in [0.717, 1.165) is 12.0 Å². The van der Waals surface area contributed by atoms with Crippen molar-refractivity contribution in [3.05, 3.63) is 65.4 Å². The maximum Gasteiger partial charge on any atom is 0.264 e. The minimum Gasteiger partial charge on any atom is -0.357 e. The van der Waals surface area contributed by atoms with Crippen molar-refractivity contribution in [3.63, 3.8) is 0 Å². The monoisotopic (exact) mass is 540 g/mol. The second-order valence-corrected chi connectivity index (χ2v) is 11.0. The molecule has 3 aromatic rings. The van der Waals surface area contributed by atoms with Gasteiger partial charge < -0.3 is 14.7 Å². The van der Waals surface area contributed by atoms with Gasteiger partial charge in [0.15, 0.2) is 0 Å². The predicted molar refractivity (Wildman–Crippen MR) is 147 cm³/mol. The molecule has 2 atom stereocenters. The summed E-state index contributed by atoms with van der Waals surface area (Å²) in [5.41, 5.74) is 3.27. The molecule has 2 aromatic carbocycles. The summed E-state index contributed by atoms with van der Waals surface area (Å²) in [7, 11) is -2.39. The molecule has 0 aliphatic heterocycles. The lowest BCUT2D eigenvalue weighted by Gasteiger charge is -2.34. The summed E-state index contributed by atoms with van der Waals surface area (Å²) in [6.07, 6.45) is 1.03. The molecule has 10 heteroatoms. The first kappa shape index (κ1) is 28.9. The van der Waals surface area contributed by atoms with E-state index in [9.17, 15) is 18.0 Å². The number of aryl methyl sites for hydroxylation is 1. The highest BCUT2D eigenvalue weighted by Gasteiger charge is 2.32. The van der Waals surface area contributed by atoms with Crippen LogP contribution < -0.4 is 10.0 Å². The molecule has 0 aliphatic carbocycles. The van der Waals surface area contributed by atoms with Crippen LogP contribution in [0.2, 0.25) is 0 Å². The van der Waals surface area contributed by atoms with Gasteiger partial charge in [-0.05, 0) is 37.0 Å². The number of hydrogen-bond acceptors (Lipinski definition) is 6. The van der Waals surface area contributed by atoms with E-state index in [1.54, 1.807) is 50.9 Å². The first-order valence-corrected chi connectivity index (χ1v) is 14.2. The largest absolute Gasteiger partial charge is 0.357 e. The Balaban J connectivity index is 1.92. The van der Waals surface area contributed by atoms with Crippen molar-refractivity contribution < 1.29 is 22.5 Å². The zero-order chi connectivity index (χ0) is 28.0. The van der Waals surface area contributed by atoms with E-state index < -0.39 is 16.1 Å². The molecule has 0 fully saturated rings. The third-order valence-corrected chi connectivity index (χ3v) is 8.22. The number of carbonyl (C=O) groups excluding carboxylic acids is 2. The Bertz CT molecular complexity index is 1380. The van der Waals surface area contributed by atoms with Gasteiger partial charge >= 0.3 is 0 Å². The summed E-state index contributed by atoms with van der Waals surface area (Å²) in [6, 6.07) is 13.5. The van der Waals surface area contributed by atoms with Crippen LogP contribution in [0.3, 0.4) is 0 Å². The Morgan fingerprint density at radius 1 is 1.05 bits per heavy atom. The summed E-state index contributed by atoms with van der Waals surface area (Å²) in [5.74, 6) is -0.239. The molecule has 0 spiro atoms. The lowest BCUT2D eigenvalue weighted by Crippen LogP contribution is -2.51. The van der Waals surface area contributed by atoms with E-state index in [1.807, 2.05) is 38.1 Å². The number of sulfonamides is 1. The van der Waals surface area contributed by atoms with Gasteiger partial charge in [0.25, 0.3) is 10.0 Å². The average molecular weight is 541 g/mol. The van der Waals surface area contributed by atoms with Crippen LogP contribution in [-0.4, -0.2) is 43.4 Å². The quantitative estimate of drug-likeness (QED) is 0.365. The first-order chi connectivity index (χ1) is 18.0. The predicted octanol–water partition coefficient (Wildman–Crippen LogP) is 4.66. The van der Waals surface area contributed by atoms with E-state index in [4.69, 9.17) is 4.52 Å². The van der Waals surface area contributed by atoms with Crippen molar-refractivity contribution >= 4 is 27.7 Å². The molecule has 2 N–H and O–H groups in total. The molecule has 0 bridgehead atoms. The molecule has 1 aromatic heterocycles. The Morgan fingerprint density at radius 2 is 1.71 bits per heavy atom. The Morgan fingerprint density at radius 3 is 2.26 bits per heavy atom. The van der Waals surface area contributed by atoms with Crippen LogP contribution in [0, 0.1) is 19.8 Å². The van der Waals surface area contributed by atoms with E-state index in [-0.39, 0.29) is 41.5 Å². The van der Waals surface area contributed by atoms with Crippen LogP contribution in [-0.2, 0) is 26.2 Å². The van der Waals surface area contributed by atoms with Gasteiger partial charge in [0.1, 0.15) is 6.04 Å². The number of carbonyl (C=O) groups is 2. The smallest absolute Gasteiger partial charge is 0.264 e. The van der Waals surface area contributed by atoms with Gasteiger partial charge in [-0.25, -0.2) is 13.1 Å². The molecule has 38 heavy (non-hydrogen) atoms. The third kappa shape index (κ3) is 6.24. The third-order valence-electron chi connectivity index (χ3n) is 6.84. The van der Waals surface area contributed by atoms with Crippen molar-refractivity contribution in [2.75, 3.05) is 11.8 Å². The van der Waals surface area contributed by atoms with Gasteiger partial charge in [0.05, 0.1) is 10.6 Å². The minimum absolute atomic E-state index is 0.0221. The zero-order valence-corrected chi connectivity index (χ0v) is 23.6. The number of amides is 2. The van der Waals surface area contributed by atoms with Crippen molar-refractivity contribution in [2.45, 2.75) is 64.9 Å². The van der Waals surface area contributed by atoms with Crippen LogP contribution in [0.1, 0.15) is 50.4 Å². The Labute approximate surface area is 224 Å². The molecule has 2 unspecified atom stereocenters. The van der Waals surface area contributed by atoms with Crippen LogP contribution >= 0.6 is 0 Å². The Hall–Kier alpha value is -3.66. The molecule has 0 saturated heterocycles. The highest BCUT2D eigenvalue weighted by Crippen LogP contribution is 2.30. The fourth-order valence-corrected chi connectivity index (χ4v) is 5.51. The standard InChI is InChI=1S/C28H36N4O5S/c1-7-18(3)26(27(34)29-6)32(25(33)8-2)17-21-13-15-22(16-14-21)23-11-9-10-12-24(23)38(35,36)31-28-19(4)20(5)30-37-28/h9-16,18,26,31H,7-8,17H2,1-6H3,(H,29,34). The minimum atomic E-state index is -3.96. The first-order valence-electron chi connectivity index (χ1n) is 12.7. The number of likely N-dealkylation sites (N-methyl/N-ethyl adjacent to an activating group) is 1. The molecule has 9 nitrogen and oxygen atoms in total. The topological polar surface area (TPSA) is 122 Å². The SMILES string of the molecule is CCC(=O)N(Cc1ccc(-c2ccccc2S(=O)(=O)Nc2onc(C)c2C)cc1)C(C(=O)NC)C(C)CC. The highest BCUT2D eigenvalue weighted by molar-refractivity contribution is 7.92. The molecule has 2 amide bonds. The van der Waals surface area contributed by atoms with E-state index >= 15 is 0 Å². The number of benzene rings is 2. The molecule has 1 heterocycles. The maximum absolute atomic E-state index is 13.3. The molecular weight excluding hydrogens is 504 g/mol. The van der Waals surface area contributed by atoms with Crippen molar-refractivity contribution in [1.29, 1.82) is 0 Å². The second kappa shape index (κ2) is 12.3. The molecular formula is C28H36N4O5S. The summed E-state index contributed by atoms with van der Waals surface area (Å²) in [6.45, 7) is 9.48. The van der Waals surface area contributed by atoms with Gasteiger partial charge in [-0.2, -0.15) is 0 Å². The van der Waals surface area contributed by atoms with Crippen molar-refractivity contribution in [3.8, 4) is 11.1 Å². The number of aromatic nitrogens is 1. The number of nitrogens with zero attached hydrogens (tertiary/aromatic N) is 2. The van der Waals surface area contributed by atoms with Gasteiger partial charge in [-0.15, -0.1) is 0 Å². The lowest BCUT2D eigenvalue weighted by atomic mass is 9.95. The van der Waals surface area contributed by atoms with Crippen molar-refractivity contribution in [2.24, 2.45) is 5.92 Å². The highest BCUT2D eigenvalue weighted by atomic mass is 32.2. The van der Waals surface area contributed by atoms with Crippen LogP contribution in [0.4, 0.5) is 5.88 Å². The van der Waals surface area contributed by atoms with Crippen LogP contribution in [0.5, 0.6) is 0 Å². The number of nitrogens with one attached hydrogen (secondary N) is 2. The fraction of sp³-hybridized carbons (Fsp3) is 0.393. The number of rotatable bonds is 11. The van der Waals surface area contributed by atoms with Gasteiger partial charge in [0.2, 0.25) is 17.7 Å². The summed E-state index contributed by atoms with van der Waals surface area (Å²) >= 11 is 0. The number of hydrogen-bond donors (Lipinski definition) is 2. The van der Waals surface area contributed by atoms with Gasteiger partial charge in [-0.1, -0.05) is 74.8 Å². The van der Waals surface area contributed by atoms with Crippen molar-refractivity contribution in [1.82, 2.24) is 15.4 Å². The normalized spacial score (nSPS) is 13.0. The van der Waals surface area contributed by atoms with Crippen LogP contribution in [0.25, 0.3) is 11.1 Å². The summed E-state index contributed by atoms with van der Waals surface area (Å²) in [5, 5.41) is 6.51. The molecule has 3 rings (SSSR count). The van der Waals surface area contributed by atoms with E-state index in [1.165, 1.54) is 6.07 Å².